The second kappa shape index (κ2) is 5.16. The van der Waals surface area contributed by atoms with Gasteiger partial charge >= 0.3 is 0 Å². The first-order valence-corrected chi connectivity index (χ1v) is 9.68. The van der Waals surface area contributed by atoms with Gasteiger partial charge in [-0.2, -0.15) is 0 Å². The van der Waals surface area contributed by atoms with Crippen LogP contribution in [0.4, 0.5) is 0 Å². The summed E-state index contributed by atoms with van der Waals surface area (Å²) in [4.78, 5) is 0. The Kier molecular flexibility index (Phi) is 3.50. The van der Waals surface area contributed by atoms with Crippen LogP contribution in [0.5, 0.6) is 11.5 Å². The molecule has 1 spiro atoms. The fraction of sp³-hybridized carbons (Fsp3) is 0.727. The molecule has 0 unspecified atom stereocenters. The quantitative estimate of drug-likeness (QED) is 0.665. The summed E-state index contributed by atoms with van der Waals surface area (Å²) in [5.41, 5.74) is 1.93. The molecule has 132 valence electrons. The zero-order valence-electron chi connectivity index (χ0n) is 15.9. The number of hydrogen-bond acceptors (Lipinski definition) is 2. The molecule has 0 radical (unpaired) electrons. The Labute approximate surface area is 146 Å². The van der Waals surface area contributed by atoms with Gasteiger partial charge in [0, 0.05) is 11.3 Å². The molecule has 2 fully saturated rings. The Balaban J connectivity index is 1.85. The molecule has 0 amide bonds. The average molecular weight is 328 g/mol. The predicted octanol–water partition coefficient (Wildman–Crippen LogP) is 5.63. The molecule has 0 N–H and O–H groups in total. The lowest BCUT2D eigenvalue weighted by Crippen LogP contribution is -2.68. The fourth-order valence-corrected chi connectivity index (χ4v) is 6.32. The van der Waals surface area contributed by atoms with Crippen LogP contribution in [0.25, 0.3) is 0 Å². The minimum atomic E-state index is 0.00794. The minimum Gasteiger partial charge on any atom is -0.497 e. The number of fused-ring (bicyclic) bond motifs is 1. The molecule has 1 aromatic carbocycles. The van der Waals surface area contributed by atoms with Crippen molar-refractivity contribution in [3.63, 3.8) is 0 Å². The normalized spacial score (nSPS) is 39.9. The standard InChI is InChI=1S/C22H32O2/c1-15-7-10-19-20(2,3)11-6-12-22(19)21(15,4)14-16-13-17(23-5)8-9-18(16)24-22/h8-9,13,15,19H,6-7,10-12,14H2,1-5H3/t15-,19-,21+,22-/m0/s1. The van der Waals surface area contributed by atoms with E-state index in [1.54, 1.807) is 7.11 Å². The molecule has 4 rings (SSSR count). The van der Waals surface area contributed by atoms with Gasteiger partial charge in [0.05, 0.1) is 7.11 Å². The van der Waals surface area contributed by atoms with Gasteiger partial charge in [-0.3, -0.25) is 0 Å². The van der Waals surface area contributed by atoms with Gasteiger partial charge in [-0.1, -0.05) is 27.7 Å². The zero-order chi connectivity index (χ0) is 17.2. The highest BCUT2D eigenvalue weighted by molar-refractivity contribution is 5.44. The Bertz CT molecular complexity index is 649. The molecule has 2 heteroatoms. The summed E-state index contributed by atoms with van der Waals surface area (Å²) in [6, 6.07) is 6.38. The maximum atomic E-state index is 6.98. The molecule has 2 saturated carbocycles. The van der Waals surface area contributed by atoms with E-state index in [9.17, 15) is 0 Å². The van der Waals surface area contributed by atoms with Crippen molar-refractivity contribution >= 4 is 0 Å². The largest absolute Gasteiger partial charge is 0.497 e. The molecule has 3 aliphatic rings. The third kappa shape index (κ3) is 2.01. The summed E-state index contributed by atoms with van der Waals surface area (Å²) in [6.07, 6.45) is 7.60. The van der Waals surface area contributed by atoms with Crippen molar-refractivity contribution in [3.8, 4) is 11.5 Å². The highest BCUT2D eigenvalue weighted by atomic mass is 16.5. The van der Waals surface area contributed by atoms with Crippen LogP contribution in [-0.4, -0.2) is 12.7 Å². The van der Waals surface area contributed by atoms with Gasteiger partial charge < -0.3 is 9.47 Å². The smallest absolute Gasteiger partial charge is 0.123 e. The van der Waals surface area contributed by atoms with Crippen LogP contribution < -0.4 is 9.47 Å². The number of rotatable bonds is 1. The van der Waals surface area contributed by atoms with Crippen LogP contribution in [0.3, 0.4) is 0 Å². The highest BCUT2D eigenvalue weighted by Crippen LogP contribution is 2.65. The summed E-state index contributed by atoms with van der Waals surface area (Å²) in [5, 5.41) is 0. The molecule has 24 heavy (non-hydrogen) atoms. The van der Waals surface area contributed by atoms with E-state index in [0.29, 0.717) is 17.3 Å². The van der Waals surface area contributed by atoms with E-state index in [4.69, 9.17) is 9.47 Å². The monoisotopic (exact) mass is 328 g/mol. The second-order valence-corrected chi connectivity index (χ2v) is 9.43. The first-order valence-electron chi connectivity index (χ1n) is 9.68. The molecule has 4 atom stereocenters. The molecule has 1 heterocycles. The molecule has 0 bridgehead atoms. The molecular weight excluding hydrogens is 296 g/mol. The van der Waals surface area contributed by atoms with Gasteiger partial charge in [-0.05, 0) is 73.6 Å². The van der Waals surface area contributed by atoms with E-state index in [0.717, 1.165) is 17.9 Å². The third-order valence-corrected chi connectivity index (χ3v) is 7.94. The average Bonchev–Trinajstić information content (AvgIpc) is 2.53. The van der Waals surface area contributed by atoms with Crippen LogP contribution in [0.2, 0.25) is 0 Å². The summed E-state index contributed by atoms with van der Waals surface area (Å²) >= 11 is 0. The van der Waals surface area contributed by atoms with E-state index < -0.39 is 0 Å². The molecule has 1 aromatic rings. The van der Waals surface area contributed by atoms with Gasteiger partial charge in [0.2, 0.25) is 0 Å². The van der Waals surface area contributed by atoms with Gasteiger partial charge in [0.25, 0.3) is 0 Å². The Morgan fingerprint density at radius 3 is 2.67 bits per heavy atom. The maximum Gasteiger partial charge on any atom is 0.123 e. The summed E-state index contributed by atoms with van der Waals surface area (Å²) in [6.45, 7) is 9.91. The maximum absolute atomic E-state index is 6.98. The van der Waals surface area contributed by atoms with Gasteiger partial charge in [0.15, 0.2) is 0 Å². The van der Waals surface area contributed by atoms with Crippen molar-refractivity contribution in [1.82, 2.24) is 0 Å². The van der Waals surface area contributed by atoms with Crippen molar-refractivity contribution in [2.24, 2.45) is 22.7 Å². The Hall–Kier alpha value is -1.18. The molecule has 0 aromatic heterocycles. The second-order valence-electron chi connectivity index (χ2n) is 9.43. The SMILES string of the molecule is COc1ccc2c(c1)C[C@]1(C)[C@@H](C)CC[C@H]3C(C)(C)CCC[C@]31O2. The summed E-state index contributed by atoms with van der Waals surface area (Å²) in [7, 11) is 1.75. The third-order valence-electron chi connectivity index (χ3n) is 7.94. The van der Waals surface area contributed by atoms with E-state index in [2.05, 4.69) is 39.8 Å². The predicted molar refractivity (Wildman–Crippen MR) is 97.7 cm³/mol. The Morgan fingerprint density at radius 2 is 1.92 bits per heavy atom. The number of methoxy groups -OCH3 is 1. The van der Waals surface area contributed by atoms with Gasteiger partial charge in [-0.15, -0.1) is 0 Å². The first kappa shape index (κ1) is 16.3. The van der Waals surface area contributed by atoms with E-state index >= 15 is 0 Å². The van der Waals surface area contributed by atoms with Crippen LogP contribution in [0.15, 0.2) is 18.2 Å². The summed E-state index contributed by atoms with van der Waals surface area (Å²) < 4.78 is 12.4. The summed E-state index contributed by atoms with van der Waals surface area (Å²) in [5.74, 6) is 3.41. The van der Waals surface area contributed by atoms with Crippen molar-refractivity contribution < 1.29 is 9.47 Å². The van der Waals surface area contributed by atoms with Crippen molar-refractivity contribution in [2.75, 3.05) is 7.11 Å². The van der Waals surface area contributed by atoms with Crippen LogP contribution in [0, 0.1) is 22.7 Å². The van der Waals surface area contributed by atoms with Crippen LogP contribution in [0.1, 0.15) is 65.4 Å². The minimum absolute atomic E-state index is 0.00794. The molecular formula is C22H32O2. The lowest BCUT2D eigenvalue weighted by molar-refractivity contribution is -0.210. The van der Waals surface area contributed by atoms with Crippen LogP contribution >= 0.6 is 0 Å². The molecule has 2 nitrogen and oxygen atoms in total. The number of hydrogen-bond donors (Lipinski definition) is 0. The first-order chi connectivity index (χ1) is 11.3. The number of ether oxygens (including phenoxy) is 2. The van der Waals surface area contributed by atoms with Crippen LogP contribution in [-0.2, 0) is 6.42 Å². The lowest BCUT2D eigenvalue weighted by atomic mass is 9.44. The lowest BCUT2D eigenvalue weighted by Gasteiger charge is -2.66. The van der Waals surface area contributed by atoms with Crippen molar-refractivity contribution in [2.45, 2.75) is 71.8 Å². The van der Waals surface area contributed by atoms with E-state index in [1.807, 2.05) is 6.07 Å². The number of benzene rings is 1. The molecule has 2 aliphatic carbocycles. The van der Waals surface area contributed by atoms with Crippen molar-refractivity contribution in [1.29, 1.82) is 0 Å². The topological polar surface area (TPSA) is 18.5 Å². The highest BCUT2D eigenvalue weighted by Gasteiger charge is 2.65. The van der Waals surface area contributed by atoms with E-state index in [1.165, 1.54) is 37.7 Å². The van der Waals surface area contributed by atoms with Crippen molar-refractivity contribution in [3.05, 3.63) is 23.8 Å². The van der Waals surface area contributed by atoms with Gasteiger partial charge in [0.1, 0.15) is 17.1 Å². The van der Waals surface area contributed by atoms with Gasteiger partial charge in [-0.25, -0.2) is 0 Å². The van der Waals surface area contributed by atoms with E-state index in [-0.39, 0.29) is 11.0 Å². The fourth-order valence-electron chi connectivity index (χ4n) is 6.32. The molecule has 1 aliphatic heterocycles. The molecule has 0 saturated heterocycles. The Morgan fingerprint density at radius 1 is 1.12 bits per heavy atom. The zero-order valence-corrected chi connectivity index (χ0v) is 15.9.